The molecule has 0 saturated carbocycles. The van der Waals surface area contributed by atoms with E-state index in [0.717, 1.165) is 11.9 Å². The standard InChI is InChI=1S/C11H9NS/c13-7-5-9-3-4-10-2-1-6-12-11(10)8-9/h1-4,6-8H,5H2. The Hall–Kier alpha value is -1.28. The van der Waals surface area contributed by atoms with E-state index in [-0.39, 0.29) is 0 Å². The van der Waals surface area contributed by atoms with Crippen molar-refractivity contribution in [1.29, 1.82) is 0 Å². The van der Waals surface area contributed by atoms with E-state index in [1.54, 1.807) is 5.37 Å². The number of nitrogens with zero attached hydrogens (tertiary/aromatic N) is 1. The molecule has 13 heavy (non-hydrogen) atoms. The van der Waals surface area contributed by atoms with Gasteiger partial charge in [0.2, 0.25) is 0 Å². The van der Waals surface area contributed by atoms with E-state index in [0.29, 0.717) is 0 Å². The summed E-state index contributed by atoms with van der Waals surface area (Å²) in [5, 5.41) is 2.92. The summed E-state index contributed by atoms with van der Waals surface area (Å²) in [5.74, 6) is 0. The van der Waals surface area contributed by atoms with Crippen molar-refractivity contribution in [3.8, 4) is 0 Å². The lowest BCUT2D eigenvalue weighted by molar-refractivity contribution is 1.35. The van der Waals surface area contributed by atoms with Crippen LogP contribution >= 0.6 is 12.2 Å². The number of hydrogen-bond donors (Lipinski definition) is 0. The molecular formula is C11H9NS. The van der Waals surface area contributed by atoms with Crippen molar-refractivity contribution in [1.82, 2.24) is 4.98 Å². The molecule has 0 bridgehead atoms. The van der Waals surface area contributed by atoms with E-state index in [1.165, 1.54) is 10.9 Å². The average Bonchev–Trinajstić information content (AvgIpc) is 2.18. The number of pyridine rings is 1. The van der Waals surface area contributed by atoms with Crippen LogP contribution in [0.3, 0.4) is 0 Å². The molecule has 2 heteroatoms. The van der Waals surface area contributed by atoms with Gasteiger partial charge in [0, 0.05) is 18.0 Å². The van der Waals surface area contributed by atoms with Gasteiger partial charge in [-0.3, -0.25) is 4.98 Å². The fraction of sp³-hybridized carbons (Fsp3) is 0.0909. The highest BCUT2D eigenvalue weighted by atomic mass is 32.1. The van der Waals surface area contributed by atoms with Gasteiger partial charge in [-0.25, -0.2) is 0 Å². The van der Waals surface area contributed by atoms with Crippen LogP contribution in [0.15, 0.2) is 36.5 Å². The summed E-state index contributed by atoms with van der Waals surface area (Å²) in [4.78, 5) is 4.28. The average molecular weight is 187 g/mol. The van der Waals surface area contributed by atoms with Gasteiger partial charge in [0.1, 0.15) is 0 Å². The van der Waals surface area contributed by atoms with Crippen LogP contribution in [0.4, 0.5) is 0 Å². The molecule has 2 rings (SSSR count). The topological polar surface area (TPSA) is 12.9 Å². The molecular weight excluding hydrogens is 178 g/mol. The van der Waals surface area contributed by atoms with Gasteiger partial charge in [-0.15, -0.1) is 0 Å². The number of rotatable bonds is 2. The lowest BCUT2D eigenvalue weighted by atomic mass is 10.1. The minimum atomic E-state index is 0.835. The Labute approximate surface area is 82.4 Å². The normalized spacial score (nSPS) is 10.2. The second-order valence-corrected chi connectivity index (χ2v) is 3.23. The summed E-state index contributed by atoms with van der Waals surface area (Å²) < 4.78 is 0. The molecule has 0 aliphatic heterocycles. The molecule has 2 aromatic rings. The van der Waals surface area contributed by atoms with Crippen molar-refractivity contribution in [3.63, 3.8) is 0 Å². The van der Waals surface area contributed by atoms with Gasteiger partial charge in [0.15, 0.2) is 0 Å². The first-order valence-corrected chi connectivity index (χ1v) is 4.64. The van der Waals surface area contributed by atoms with Crippen LogP contribution in [0, 0.1) is 0 Å². The van der Waals surface area contributed by atoms with Crippen LogP contribution in [0.5, 0.6) is 0 Å². The maximum atomic E-state index is 4.81. The van der Waals surface area contributed by atoms with Gasteiger partial charge < -0.3 is 0 Å². The first-order chi connectivity index (χ1) is 6.40. The minimum Gasteiger partial charge on any atom is -0.256 e. The Balaban J connectivity index is 2.55. The summed E-state index contributed by atoms with van der Waals surface area (Å²) in [6.07, 6.45) is 2.64. The second kappa shape index (κ2) is 3.62. The van der Waals surface area contributed by atoms with E-state index < -0.39 is 0 Å². The highest BCUT2D eigenvalue weighted by Gasteiger charge is 1.94. The molecule has 1 aromatic carbocycles. The minimum absolute atomic E-state index is 0.835. The number of hydrogen-bond acceptors (Lipinski definition) is 2. The van der Waals surface area contributed by atoms with E-state index >= 15 is 0 Å². The van der Waals surface area contributed by atoms with Gasteiger partial charge in [0.05, 0.1) is 5.52 Å². The van der Waals surface area contributed by atoms with Crippen molar-refractivity contribution in [2.24, 2.45) is 0 Å². The van der Waals surface area contributed by atoms with Crippen LogP contribution in [-0.4, -0.2) is 10.4 Å². The Morgan fingerprint density at radius 3 is 3.08 bits per heavy atom. The number of thiocarbonyl (C=S) groups is 1. The molecule has 1 heterocycles. The Kier molecular flexibility index (Phi) is 2.32. The largest absolute Gasteiger partial charge is 0.256 e. The zero-order valence-electron chi connectivity index (χ0n) is 7.10. The number of fused-ring (bicyclic) bond motifs is 1. The van der Waals surface area contributed by atoms with Crippen molar-refractivity contribution in [2.45, 2.75) is 6.42 Å². The molecule has 0 unspecified atom stereocenters. The fourth-order valence-electron chi connectivity index (χ4n) is 1.34. The highest BCUT2D eigenvalue weighted by molar-refractivity contribution is 7.78. The van der Waals surface area contributed by atoms with Crippen molar-refractivity contribution >= 4 is 28.5 Å². The molecule has 0 spiro atoms. The van der Waals surface area contributed by atoms with Gasteiger partial charge >= 0.3 is 0 Å². The van der Waals surface area contributed by atoms with Crippen LogP contribution in [0.25, 0.3) is 10.9 Å². The van der Waals surface area contributed by atoms with Gasteiger partial charge in [0.25, 0.3) is 0 Å². The summed E-state index contributed by atoms with van der Waals surface area (Å²) in [6.45, 7) is 0. The molecule has 0 N–H and O–H groups in total. The van der Waals surface area contributed by atoms with E-state index in [1.807, 2.05) is 12.3 Å². The van der Waals surface area contributed by atoms with Crippen molar-refractivity contribution in [2.75, 3.05) is 0 Å². The smallest absolute Gasteiger partial charge is 0.0704 e. The Morgan fingerprint density at radius 2 is 2.23 bits per heavy atom. The third kappa shape index (κ3) is 1.73. The second-order valence-electron chi connectivity index (χ2n) is 2.90. The molecule has 0 aliphatic rings. The molecule has 0 radical (unpaired) electrons. The predicted molar refractivity (Wildman–Crippen MR) is 59.1 cm³/mol. The molecule has 1 aromatic heterocycles. The zero-order valence-corrected chi connectivity index (χ0v) is 7.92. The molecule has 0 amide bonds. The maximum absolute atomic E-state index is 4.81. The monoisotopic (exact) mass is 187 g/mol. The van der Waals surface area contributed by atoms with Crippen LogP contribution in [0.1, 0.15) is 5.56 Å². The maximum Gasteiger partial charge on any atom is 0.0704 e. The quantitative estimate of drug-likeness (QED) is 0.670. The first kappa shape index (κ1) is 8.32. The zero-order chi connectivity index (χ0) is 9.10. The Morgan fingerprint density at radius 1 is 1.31 bits per heavy atom. The molecule has 0 fully saturated rings. The summed E-state index contributed by atoms with van der Waals surface area (Å²) in [7, 11) is 0. The van der Waals surface area contributed by atoms with Crippen molar-refractivity contribution < 1.29 is 0 Å². The third-order valence-corrected chi connectivity index (χ3v) is 2.16. The van der Waals surface area contributed by atoms with Crippen LogP contribution in [-0.2, 0) is 6.42 Å². The SMILES string of the molecule is S=CCc1ccc2cccnc2c1. The summed E-state index contributed by atoms with van der Waals surface area (Å²) in [6, 6.07) is 10.3. The number of benzene rings is 1. The predicted octanol–water partition coefficient (Wildman–Crippen LogP) is 2.78. The molecule has 1 nitrogen and oxygen atoms in total. The lowest BCUT2D eigenvalue weighted by Crippen LogP contribution is -1.85. The lowest BCUT2D eigenvalue weighted by Gasteiger charge is -1.98. The first-order valence-electron chi connectivity index (χ1n) is 4.17. The Bertz CT molecular complexity index is 437. The van der Waals surface area contributed by atoms with Gasteiger partial charge in [-0.1, -0.05) is 30.4 Å². The van der Waals surface area contributed by atoms with Crippen LogP contribution < -0.4 is 0 Å². The van der Waals surface area contributed by atoms with E-state index in [4.69, 9.17) is 12.2 Å². The van der Waals surface area contributed by atoms with Crippen LogP contribution in [0.2, 0.25) is 0 Å². The van der Waals surface area contributed by atoms with E-state index in [9.17, 15) is 0 Å². The molecule has 0 atom stereocenters. The van der Waals surface area contributed by atoms with Gasteiger partial charge in [-0.2, -0.15) is 0 Å². The van der Waals surface area contributed by atoms with E-state index in [2.05, 4.69) is 29.2 Å². The molecule has 0 aliphatic carbocycles. The fourth-order valence-corrected chi connectivity index (χ4v) is 1.53. The van der Waals surface area contributed by atoms with Crippen molar-refractivity contribution in [3.05, 3.63) is 42.1 Å². The highest BCUT2D eigenvalue weighted by Crippen LogP contribution is 2.12. The molecule has 0 saturated heterocycles. The third-order valence-electron chi connectivity index (χ3n) is 1.99. The number of aromatic nitrogens is 1. The van der Waals surface area contributed by atoms with Gasteiger partial charge in [-0.05, 0) is 23.1 Å². The summed E-state index contributed by atoms with van der Waals surface area (Å²) in [5.41, 5.74) is 2.26. The molecule has 64 valence electrons. The summed E-state index contributed by atoms with van der Waals surface area (Å²) >= 11 is 4.81.